The quantitative estimate of drug-likeness (QED) is 0.836. The molecule has 1 fully saturated rings. The molecule has 1 saturated carbocycles. The highest BCUT2D eigenvalue weighted by atomic mass is 32.2. The van der Waals surface area contributed by atoms with Gasteiger partial charge in [-0.1, -0.05) is 37.9 Å². The Labute approximate surface area is 108 Å². The fourth-order valence-electron chi connectivity index (χ4n) is 2.49. The van der Waals surface area contributed by atoms with Crippen molar-refractivity contribution in [3.05, 3.63) is 11.8 Å². The number of hydrogen-bond acceptors (Lipinski definition) is 4. The molecule has 2 rings (SSSR count). The summed E-state index contributed by atoms with van der Waals surface area (Å²) in [6.07, 6.45) is 6.63. The molecule has 4 heteroatoms. The summed E-state index contributed by atoms with van der Waals surface area (Å²) in [6, 6.07) is 1.82. The van der Waals surface area contributed by atoms with Crippen LogP contribution in [0.1, 0.15) is 44.7 Å². The van der Waals surface area contributed by atoms with Crippen molar-refractivity contribution in [2.75, 3.05) is 5.73 Å². The number of aromatic nitrogens is 2. The van der Waals surface area contributed by atoms with Gasteiger partial charge < -0.3 is 5.73 Å². The van der Waals surface area contributed by atoms with E-state index in [9.17, 15) is 0 Å². The summed E-state index contributed by atoms with van der Waals surface area (Å²) in [5.41, 5.74) is 6.71. The Morgan fingerprint density at radius 1 is 1.41 bits per heavy atom. The first-order valence-corrected chi connectivity index (χ1v) is 7.33. The lowest BCUT2D eigenvalue weighted by atomic mass is 9.87. The summed E-state index contributed by atoms with van der Waals surface area (Å²) in [6.45, 7) is 4.26. The van der Waals surface area contributed by atoms with E-state index in [1.165, 1.54) is 32.1 Å². The monoisotopic (exact) mass is 251 g/mol. The third kappa shape index (κ3) is 3.60. The van der Waals surface area contributed by atoms with Crippen LogP contribution in [0, 0.1) is 12.8 Å². The highest BCUT2D eigenvalue weighted by Gasteiger charge is 2.22. The van der Waals surface area contributed by atoms with Crippen molar-refractivity contribution < 1.29 is 0 Å². The summed E-state index contributed by atoms with van der Waals surface area (Å²) in [7, 11) is 0. The van der Waals surface area contributed by atoms with E-state index >= 15 is 0 Å². The van der Waals surface area contributed by atoms with Gasteiger partial charge in [-0.2, -0.15) is 0 Å². The van der Waals surface area contributed by atoms with Gasteiger partial charge in [-0.05, 0) is 25.7 Å². The predicted octanol–water partition coefficient (Wildman–Crippen LogP) is 3.43. The molecule has 1 heterocycles. The Morgan fingerprint density at radius 2 is 2.24 bits per heavy atom. The maximum Gasteiger partial charge on any atom is 0.189 e. The zero-order valence-electron chi connectivity index (χ0n) is 10.6. The largest absolute Gasteiger partial charge is 0.384 e. The minimum atomic E-state index is 0.586. The normalized spacial score (nSPS) is 24.8. The van der Waals surface area contributed by atoms with E-state index in [1.54, 1.807) is 0 Å². The maximum absolute atomic E-state index is 5.75. The van der Waals surface area contributed by atoms with Gasteiger partial charge in [-0.15, -0.1) is 0 Å². The number of nitrogens with zero attached hydrogens (tertiary/aromatic N) is 2. The zero-order valence-corrected chi connectivity index (χ0v) is 11.5. The average Bonchev–Trinajstić information content (AvgIpc) is 2.28. The van der Waals surface area contributed by atoms with Gasteiger partial charge in [-0.3, -0.25) is 0 Å². The number of thioether (sulfide) groups is 1. The van der Waals surface area contributed by atoms with Crippen LogP contribution >= 0.6 is 11.8 Å². The van der Waals surface area contributed by atoms with Crippen LogP contribution in [-0.4, -0.2) is 15.2 Å². The number of nitrogen functional groups attached to an aromatic ring is 1. The first-order valence-electron chi connectivity index (χ1n) is 6.45. The minimum Gasteiger partial charge on any atom is -0.384 e. The van der Waals surface area contributed by atoms with E-state index in [1.807, 2.05) is 24.8 Å². The molecule has 0 amide bonds. The molecule has 17 heavy (non-hydrogen) atoms. The van der Waals surface area contributed by atoms with Gasteiger partial charge in [0.05, 0.1) is 0 Å². The summed E-state index contributed by atoms with van der Waals surface area (Å²) in [5.74, 6) is 1.48. The average molecular weight is 251 g/mol. The van der Waals surface area contributed by atoms with Crippen LogP contribution in [0.15, 0.2) is 11.2 Å². The zero-order chi connectivity index (χ0) is 12.3. The van der Waals surface area contributed by atoms with Gasteiger partial charge >= 0.3 is 0 Å². The molecule has 2 N–H and O–H groups in total. The molecule has 0 spiro atoms. The van der Waals surface area contributed by atoms with Crippen molar-refractivity contribution in [3.63, 3.8) is 0 Å². The molecule has 3 nitrogen and oxygen atoms in total. The van der Waals surface area contributed by atoms with E-state index in [-0.39, 0.29) is 0 Å². The van der Waals surface area contributed by atoms with Crippen LogP contribution < -0.4 is 5.73 Å². The lowest BCUT2D eigenvalue weighted by Gasteiger charge is -2.27. The summed E-state index contributed by atoms with van der Waals surface area (Å²) in [5, 5.41) is 1.53. The minimum absolute atomic E-state index is 0.586. The molecule has 0 radical (unpaired) electrons. The summed E-state index contributed by atoms with van der Waals surface area (Å²) < 4.78 is 0. The van der Waals surface area contributed by atoms with E-state index in [4.69, 9.17) is 5.73 Å². The van der Waals surface area contributed by atoms with Gasteiger partial charge in [0.1, 0.15) is 5.82 Å². The number of anilines is 1. The Balaban J connectivity index is 2.00. The van der Waals surface area contributed by atoms with E-state index in [0.717, 1.165) is 16.8 Å². The van der Waals surface area contributed by atoms with Crippen molar-refractivity contribution >= 4 is 17.6 Å². The molecular formula is C13H21N3S. The molecule has 1 aliphatic carbocycles. The first-order chi connectivity index (χ1) is 8.17. The van der Waals surface area contributed by atoms with Crippen LogP contribution in [0.2, 0.25) is 0 Å². The fourth-order valence-corrected chi connectivity index (χ4v) is 3.79. The molecule has 0 aliphatic heterocycles. The predicted molar refractivity (Wildman–Crippen MR) is 73.1 cm³/mol. The van der Waals surface area contributed by atoms with Crippen molar-refractivity contribution in [2.24, 2.45) is 5.92 Å². The van der Waals surface area contributed by atoms with Crippen LogP contribution in [0.25, 0.3) is 0 Å². The number of rotatable bonds is 3. The highest BCUT2D eigenvalue weighted by Crippen LogP contribution is 2.36. The van der Waals surface area contributed by atoms with Gasteiger partial charge in [0.15, 0.2) is 5.16 Å². The van der Waals surface area contributed by atoms with Crippen LogP contribution in [0.5, 0.6) is 0 Å². The molecule has 1 aliphatic rings. The van der Waals surface area contributed by atoms with Crippen LogP contribution in [0.4, 0.5) is 5.82 Å². The standard InChI is InChI=1S/C13H21N3S/c1-3-10-5-4-6-11(8-10)17-13-15-9(2)7-12(14)16-13/h7,10-11H,3-6,8H2,1-2H3,(H2,14,15,16). The highest BCUT2D eigenvalue weighted by molar-refractivity contribution is 7.99. The molecule has 0 aromatic carbocycles. The van der Waals surface area contributed by atoms with E-state index < -0.39 is 0 Å². The van der Waals surface area contributed by atoms with E-state index in [2.05, 4.69) is 16.9 Å². The third-order valence-electron chi connectivity index (χ3n) is 3.44. The van der Waals surface area contributed by atoms with Crippen molar-refractivity contribution in [3.8, 4) is 0 Å². The second kappa shape index (κ2) is 5.71. The third-order valence-corrected chi connectivity index (χ3v) is 4.59. The Hall–Kier alpha value is -0.770. The van der Waals surface area contributed by atoms with Gasteiger partial charge in [0, 0.05) is 17.0 Å². The molecule has 1 aromatic rings. The lowest BCUT2D eigenvalue weighted by Crippen LogP contribution is -2.17. The number of hydrogen-bond donors (Lipinski definition) is 1. The molecule has 0 bridgehead atoms. The Bertz CT molecular complexity index is 361. The van der Waals surface area contributed by atoms with Crippen molar-refractivity contribution in [1.29, 1.82) is 0 Å². The Kier molecular flexibility index (Phi) is 4.26. The summed E-state index contributed by atoms with van der Waals surface area (Å²) in [4.78, 5) is 8.76. The maximum atomic E-state index is 5.75. The molecule has 1 aromatic heterocycles. The van der Waals surface area contributed by atoms with Crippen molar-refractivity contribution in [2.45, 2.75) is 56.4 Å². The SMILES string of the molecule is CCC1CCCC(Sc2nc(C)cc(N)n2)C1. The molecule has 2 unspecified atom stereocenters. The second-order valence-corrected chi connectivity index (χ2v) is 6.17. The number of aryl methyl sites for hydroxylation is 1. The first kappa shape index (κ1) is 12.7. The molecular weight excluding hydrogens is 230 g/mol. The van der Waals surface area contributed by atoms with Crippen LogP contribution in [-0.2, 0) is 0 Å². The molecule has 2 atom stereocenters. The second-order valence-electron chi connectivity index (χ2n) is 4.90. The van der Waals surface area contributed by atoms with Gasteiger partial charge in [0.2, 0.25) is 0 Å². The topological polar surface area (TPSA) is 51.8 Å². The van der Waals surface area contributed by atoms with Crippen molar-refractivity contribution in [1.82, 2.24) is 9.97 Å². The summed E-state index contributed by atoms with van der Waals surface area (Å²) >= 11 is 1.81. The lowest BCUT2D eigenvalue weighted by molar-refractivity contribution is 0.357. The smallest absolute Gasteiger partial charge is 0.189 e. The molecule has 94 valence electrons. The van der Waals surface area contributed by atoms with E-state index in [0.29, 0.717) is 11.1 Å². The van der Waals surface area contributed by atoms with Crippen LogP contribution in [0.3, 0.4) is 0 Å². The Morgan fingerprint density at radius 3 is 2.94 bits per heavy atom. The fraction of sp³-hybridized carbons (Fsp3) is 0.692. The van der Waals surface area contributed by atoms with Gasteiger partial charge in [-0.25, -0.2) is 9.97 Å². The van der Waals surface area contributed by atoms with Gasteiger partial charge in [0.25, 0.3) is 0 Å². The molecule has 0 saturated heterocycles. The number of nitrogens with two attached hydrogens (primary N) is 1.